The first-order chi connectivity index (χ1) is 11.4. The summed E-state index contributed by atoms with van der Waals surface area (Å²) in [5.74, 6) is -2.33. The third kappa shape index (κ3) is 4.20. The Morgan fingerprint density at radius 1 is 1.38 bits per heavy atom. The predicted octanol–water partition coefficient (Wildman–Crippen LogP) is 4.58. The number of nitrogens with zero attached hydrogens (tertiary/aromatic N) is 2. The Labute approximate surface area is 144 Å². The number of amides is 1. The molecule has 128 valence electrons. The second-order valence-electron chi connectivity index (χ2n) is 5.29. The zero-order valence-electron chi connectivity index (χ0n) is 13.4. The molecule has 1 heterocycles. The topological polar surface area (TPSA) is 46.9 Å². The van der Waals surface area contributed by atoms with Gasteiger partial charge in [0.05, 0.1) is 5.69 Å². The van der Waals surface area contributed by atoms with E-state index in [9.17, 15) is 13.6 Å². The predicted molar refractivity (Wildman–Crippen MR) is 90.9 cm³/mol. The molecular weight excluding hydrogens is 336 g/mol. The van der Waals surface area contributed by atoms with Crippen LogP contribution in [-0.2, 0) is 11.3 Å². The second-order valence-corrected chi connectivity index (χ2v) is 5.64. The number of para-hydroxylation sites is 1. The van der Waals surface area contributed by atoms with Crippen LogP contribution in [0.25, 0.3) is 6.08 Å². The zero-order chi connectivity index (χ0) is 17.7. The maximum Gasteiger partial charge on any atom is 0.248 e. The van der Waals surface area contributed by atoms with Crippen molar-refractivity contribution >= 4 is 29.3 Å². The lowest BCUT2D eigenvalue weighted by atomic mass is 10.2. The van der Waals surface area contributed by atoms with Gasteiger partial charge in [-0.3, -0.25) is 9.48 Å². The van der Waals surface area contributed by atoms with Crippen LogP contribution < -0.4 is 5.32 Å². The number of anilines is 1. The molecule has 1 aromatic heterocycles. The van der Waals surface area contributed by atoms with Crippen molar-refractivity contribution < 1.29 is 13.6 Å². The Bertz CT molecular complexity index is 751. The van der Waals surface area contributed by atoms with E-state index >= 15 is 0 Å². The minimum Gasteiger partial charge on any atom is -0.318 e. The highest BCUT2D eigenvalue weighted by molar-refractivity contribution is 6.31. The summed E-state index contributed by atoms with van der Waals surface area (Å²) in [5.41, 5.74) is 0.808. The monoisotopic (exact) mass is 353 g/mol. The summed E-state index contributed by atoms with van der Waals surface area (Å²) in [7, 11) is 0. The molecule has 0 radical (unpaired) electrons. The molecule has 7 heteroatoms. The molecule has 1 amide bonds. The largest absolute Gasteiger partial charge is 0.318 e. The molecule has 1 aromatic carbocycles. The molecule has 0 aliphatic carbocycles. The minimum absolute atomic E-state index is 0.432. The highest BCUT2D eigenvalue weighted by atomic mass is 35.5. The number of rotatable bonds is 6. The lowest BCUT2D eigenvalue weighted by Gasteiger charge is -2.04. The van der Waals surface area contributed by atoms with Crippen LogP contribution in [0.15, 0.2) is 24.3 Å². The Morgan fingerprint density at radius 2 is 2.04 bits per heavy atom. The molecule has 0 saturated carbocycles. The highest BCUT2D eigenvalue weighted by Crippen LogP contribution is 2.22. The summed E-state index contributed by atoms with van der Waals surface area (Å²) in [6.45, 7) is 4.54. The Hall–Kier alpha value is -2.21. The van der Waals surface area contributed by atoms with Gasteiger partial charge in [0.2, 0.25) is 5.91 Å². The summed E-state index contributed by atoms with van der Waals surface area (Å²) in [6, 6.07) is 3.37. The number of carbonyl (C=O) groups is 1. The summed E-state index contributed by atoms with van der Waals surface area (Å²) >= 11 is 6.26. The summed E-state index contributed by atoms with van der Waals surface area (Å²) in [6.07, 6.45) is 4.61. The lowest BCUT2D eigenvalue weighted by Crippen LogP contribution is -2.10. The van der Waals surface area contributed by atoms with Crippen molar-refractivity contribution in [1.82, 2.24) is 9.78 Å². The molecule has 0 fully saturated rings. The van der Waals surface area contributed by atoms with Gasteiger partial charge in [-0.05, 0) is 31.6 Å². The van der Waals surface area contributed by atoms with E-state index in [0.29, 0.717) is 23.0 Å². The van der Waals surface area contributed by atoms with E-state index in [2.05, 4.69) is 17.3 Å². The van der Waals surface area contributed by atoms with Crippen molar-refractivity contribution in [3.05, 3.63) is 52.3 Å². The van der Waals surface area contributed by atoms with Crippen molar-refractivity contribution in [3.8, 4) is 0 Å². The Balaban J connectivity index is 2.13. The third-order valence-electron chi connectivity index (χ3n) is 3.45. The standard InChI is InChI=1S/C17H18ClF2N3O/c1-3-4-10-23-17(18)12(11(2)22-23)8-9-15(24)21-16-13(19)6-5-7-14(16)20/h5-9H,3-4,10H2,1-2H3,(H,21,24). The van der Waals surface area contributed by atoms with Crippen LogP contribution in [0.1, 0.15) is 31.0 Å². The first-order valence-electron chi connectivity index (χ1n) is 7.60. The van der Waals surface area contributed by atoms with Crippen LogP contribution in [0.3, 0.4) is 0 Å². The van der Waals surface area contributed by atoms with Gasteiger partial charge < -0.3 is 5.32 Å². The molecule has 0 unspecified atom stereocenters. The molecular formula is C17H18ClF2N3O. The summed E-state index contributed by atoms with van der Waals surface area (Å²) in [4.78, 5) is 11.9. The Kier molecular flexibility index (Phi) is 6.09. The number of hydrogen-bond donors (Lipinski definition) is 1. The smallest absolute Gasteiger partial charge is 0.248 e. The first-order valence-corrected chi connectivity index (χ1v) is 7.97. The van der Waals surface area contributed by atoms with Crippen LogP contribution in [0, 0.1) is 18.6 Å². The second kappa shape index (κ2) is 8.06. The number of hydrogen-bond acceptors (Lipinski definition) is 2. The number of carbonyl (C=O) groups excluding carboxylic acids is 1. The number of nitrogens with one attached hydrogen (secondary N) is 1. The summed E-state index contributed by atoms with van der Waals surface area (Å²) in [5, 5.41) is 6.93. The fourth-order valence-electron chi connectivity index (χ4n) is 2.15. The van der Waals surface area contributed by atoms with Gasteiger partial charge in [-0.1, -0.05) is 31.0 Å². The molecule has 1 N–H and O–H groups in total. The minimum atomic E-state index is -0.835. The van der Waals surface area contributed by atoms with Crippen LogP contribution in [-0.4, -0.2) is 15.7 Å². The van der Waals surface area contributed by atoms with Gasteiger partial charge in [0.15, 0.2) is 0 Å². The third-order valence-corrected chi connectivity index (χ3v) is 3.84. The molecule has 0 spiro atoms. The maximum absolute atomic E-state index is 13.5. The van der Waals surface area contributed by atoms with E-state index in [4.69, 9.17) is 11.6 Å². The zero-order valence-corrected chi connectivity index (χ0v) is 14.2. The maximum atomic E-state index is 13.5. The number of aryl methyl sites for hydroxylation is 2. The van der Waals surface area contributed by atoms with E-state index in [0.717, 1.165) is 25.0 Å². The van der Waals surface area contributed by atoms with E-state index in [-0.39, 0.29) is 0 Å². The molecule has 0 bridgehead atoms. The van der Waals surface area contributed by atoms with Gasteiger partial charge >= 0.3 is 0 Å². The van der Waals surface area contributed by atoms with Crippen LogP contribution in [0.5, 0.6) is 0 Å². The molecule has 2 rings (SSSR count). The quantitative estimate of drug-likeness (QED) is 0.773. The fourth-order valence-corrected chi connectivity index (χ4v) is 2.48. The van der Waals surface area contributed by atoms with E-state index in [1.54, 1.807) is 11.6 Å². The van der Waals surface area contributed by atoms with Crippen molar-refractivity contribution in [2.45, 2.75) is 33.2 Å². The molecule has 0 saturated heterocycles. The fraction of sp³-hybridized carbons (Fsp3) is 0.294. The van der Waals surface area contributed by atoms with Crippen molar-refractivity contribution in [2.24, 2.45) is 0 Å². The van der Waals surface area contributed by atoms with Crippen LogP contribution >= 0.6 is 11.6 Å². The molecule has 0 atom stereocenters. The molecule has 2 aromatic rings. The Morgan fingerprint density at radius 3 is 2.67 bits per heavy atom. The van der Waals surface area contributed by atoms with Gasteiger partial charge in [-0.15, -0.1) is 0 Å². The molecule has 0 aliphatic heterocycles. The SMILES string of the molecule is CCCCn1nc(C)c(C=CC(=O)Nc2c(F)cccc2F)c1Cl. The van der Waals surface area contributed by atoms with Gasteiger partial charge in [0, 0.05) is 18.2 Å². The highest BCUT2D eigenvalue weighted by Gasteiger charge is 2.13. The van der Waals surface area contributed by atoms with Crippen molar-refractivity contribution in [1.29, 1.82) is 0 Å². The number of halogens is 3. The van der Waals surface area contributed by atoms with Crippen LogP contribution in [0.4, 0.5) is 14.5 Å². The number of aromatic nitrogens is 2. The van der Waals surface area contributed by atoms with E-state index in [1.807, 2.05) is 0 Å². The average Bonchev–Trinajstić information content (AvgIpc) is 2.81. The molecule has 4 nitrogen and oxygen atoms in total. The van der Waals surface area contributed by atoms with Crippen LogP contribution in [0.2, 0.25) is 5.15 Å². The number of unbranched alkanes of at least 4 members (excludes halogenated alkanes) is 1. The first kappa shape index (κ1) is 18.1. The van der Waals surface area contributed by atoms with Crippen molar-refractivity contribution in [2.75, 3.05) is 5.32 Å². The van der Waals surface area contributed by atoms with E-state index < -0.39 is 23.2 Å². The number of benzene rings is 1. The lowest BCUT2D eigenvalue weighted by molar-refractivity contribution is -0.111. The average molecular weight is 354 g/mol. The van der Waals surface area contributed by atoms with E-state index in [1.165, 1.54) is 18.2 Å². The summed E-state index contributed by atoms with van der Waals surface area (Å²) < 4.78 is 28.7. The molecule has 0 aliphatic rings. The van der Waals surface area contributed by atoms with Gasteiger partial charge in [0.25, 0.3) is 0 Å². The van der Waals surface area contributed by atoms with Gasteiger partial charge in [0.1, 0.15) is 22.5 Å². The normalized spacial score (nSPS) is 11.2. The van der Waals surface area contributed by atoms with Gasteiger partial charge in [-0.25, -0.2) is 8.78 Å². The van der Waals surface area contributed by atoms with Gasteiger partial charge in [-0.2, -0.15) is 5.10 Å². The molecule has 24 heavy (non-hydrogen) atoms. The van der Waals surface area contributed by atoms with Crippen molar-refractivity contribution in [3.63, 3.8) is 0 Å².